The Hall–Kier alpha value is -6.72. The summed E-state index contributed by atoms with van der Waals surface area (Å²) in [5.74, 6) is 0.824. The molecular weight excluding hydrogens is 895 g/mol. The van der Waals surface area contributed by atoms with Crippen LogP contribution in [0.4, 0.5) is 4.79 Å². The molecule has 0 bridgehead atoms. The van der Waals surface area contributed by atoms with Crippen LogP contribution >= 0.6 is 24.0 Å². The van der Waals surface area contributed by atoms with Gasteiger partial charge in [0.05, 0.1) is 35.6 Å². The number of hydrogen-bond donors (Lipinski definition) is 2. The highest BCUT2D eigenvalue weighted by Gasteiger charge is 2.21. The number of nitrogens with one attached hydrogen (secondary N) is 1. The second kappa shape index (κ2) is 23.8. The van der Waals surface area contributed by atoms with Crippen molar-refractivity contribution in [3.8, 4) is 11.3 Å². The molecule has 0 radical (unpaired) electrons. The summed E-state index contributed by atoms with van der Waals surface area (Å²) in [6, 6.07) is 25.3. The fourth-order valence-electron chi connectivity index (χ4n) is 7.90. The fourth-order valence-corrected chi connectivity index (χ4v) is 8.90. The van der Waals surface area contributed by atoms with Gasteiger partial charge < -0.3 is 19.8 Å². The number of nitrogens with zero attached hydrogens (tertiary/aromatic N) is 8. The van der Waals surface area contributed by atoms with E-state index in [1.807, 2.05) is 77.0 Å². The highest BCUT2D eigenvalue weighted by atomic mass is 32.1. The smallest absolute Gasteiger partial charge is 0.317 e. The summed E-state index contributed by atoms with van der Waals surface area (Å²) in [6.45, 7) is 6.80. The van der Waals surface area contributed by atoms with E-state index in [9.17, 15) is 14.4 Å². The number of aryl methyl sites for hydroxylation is 2. The Morgan fingerprint density at radius 3 is 2.51 bits per heavy atom. The van der Waals surface area contributed by atoms with E-state index in [-0.39, 0.29) is 24.2 Å². The number of ether oxygens (including phenoxy) is 1. The van der Waals surface area contributed by atoms with Gasteiger partial charge in [-0.25, -0.2) is 19.7 Å². The maximum Gasteiger partial charge on any atom is 0.317 e. The molecule has 0 unspecified atom stereocenters. The number of carbonyl (C=O) groups is 3. The molecule has 1 N–H and O–H groups in total. The molecule has 0 saturated carbocycles. The van der Waals surface area contributed by atoms with E-state index in [4.69, 9.17) is 14.6 Å². The third-order valence-corrected chi connectivity index (χ3v) is 12.8. The van der Waals surface area contributed by atoms with Gasteiger partial charge in [0.2, 0.25) is 0 Å². The number of aromatic nitrogens is 5. The van der Waals surface area contributed by atoms with Crippen molar-refractivity contribution in [3.63, 3.8) is 0 Å². The minimum Gasteiger partial charge on any atom is -0.393 e. The molecule has 348 valence electrons. The first-order valence-corrected chi connectivity index (χ1v) is 24.0. The Morgan fingerprint density at radius 2 is 1.71 bits per heavy atom. The molecule has 7 aromatic rings. The Kier molecular flexibility index (Phi) is 16.7. The number of oxime groups is 1. The number of pyridine rings is 2. The number of ketones is 2. The third-order valence-electron chi connectivity index (χ3n) is 11.6. The first-order valence-electron chi connectivity index (χ1n) is 22.7. The maximum absolute atomic E-state index is 13.4. The van der Waals surface area contributed by atoms with Gasteiger partial charge in [0.15, 0.2) is 11.6 Å². The summed E-state index contributed by atoms with van der Waals surface area (Å²) >= 11 is 6.19. The summed E-state index contributed by atoms with van der Waals surface area (Å²) < 4.78 is 5.64. The highest BCUT2D eigenvalue weighted by molar-refractivity contribution is 7.80. The van der Waals surface area contributed by atoms with E-state index in [2.05, 4.69) is 67.0 Å². The molecule has 2 amide bonds. The van der Waals surface area contributed by atoms with E-state index in [1.54, 1.807) is 48.5 Å². The van der Waals surface area contributed by atoms with E-state index < -0.39 is 0 Å². The number of piperazine rings is 1. The number of thiazole rings is 1. The van der Waals surface area contributed by atoms with Crippen LogP contribution in [-0.2, 0) is 35.4 Å². The molecule has 68 heavy (non-hydrogen) atoms. The van der Waals surface area contributed by atoms with Gasteiger partial charge in [-0.05, 0) is 84.0 Å². The number of benzene rings is 3. The molecule has 4 aromatic heterocycles. The van der Waals surface area contributed by atoms with Gasteiger partial charge in [-0.1, -0.05) is 47.6 Å². The average molecular weight is 948 g/mol. The van der Waals surface area contributed by atoms with Crippen LogP contribution in [0.25, 0.3) is 22.2 Å². The second-order valence-corrected chi connectivity index (χ2v) is 18.0. The van der Waals surface area contributed by atoms with Crippen LogP contribution < -0.4 is 5.32 Å². The van der Waals surface area contributed by atoms with Crippen LogP contribution in [0.15, 0.2) is 125 Å². The molecule has 14 nitrogen and oxygen atoms in total. The number of rotatable bonds is 21. The lowest BCUT2D eigenvalue weighted by Gasteiger charge is -2.34. The average Bonchev–Trinajstić information content (AvgIpc) is 3.89. The Bertz CT molecular complexity index is 2840. The maximum atomic E-state index is 13.4. The van der Waals surface area contributed by atoms with Crippen molar-refractivity contribution in [2.75, 3.05) is 52.5 Å². The van der Waals surface area contributed by atoms with Crippen LogP contribution in [0.1, 0.15) is 72.2 Å². The molecule has 8 rings (SSSR count). The summed E-state index contributed by atoms with van der Waals surface area (Å²) in [5, 5.41) is 10.8. The number of hydrogen-bond acceptors (Lipinski definition) is 14. The number of Topliss-reactive ketones (excluding diaryl/α,β-unsaturated/α-hetero) is 2. The minimum atomic E-state index is -0.113. The van der Waals surface area contributed by atoms with Crippen molar-refractivity contribution in [1.29, 1.82) is 0 Å². The number of fused-ring (bicyclic) bond motifs is 1. The van der Waals surface area contributed by atoms with Crippen LogP contribution in [0.5, 0.6) is 0 Å². The third kappa shape index (κ3) is 13.5. The molecular formula is C52H53N9O5S2. The van der Waals surface area contributed by atoms with E-state index in [1.165, 1.54) is 0 Å². The second-order valence-electron chi connectivity index (χ2n) is 16.5. The largest absolute Gasteiger partial charge is 0.393 e. The standard InChI is InChI=1S/C52H53N9O5S2/c1-36-7-8-38(26-42(36)31-49-54-15-13-45(59-49)41-4-3-14-53-33-41)28-47(63)40-11-9-37(10-12-40)35-60-18-20-61(21-19-60)52(64)56-16-22-65-23-24-66-58-32-39-27-43-30-44(34-57-51(43)48(67)29-39)46(62)5-2-6-50-55-17-25-68-50/h3-4,7-15,17,25-27,29-30,32-34,67H,2,5-6,16,18-24,28,31,35H2,1H3,(H,56,64)/b58-32+. The number of amides is 2. The molecule has 5 heterocycles. The normalized spacial score (nSPS) is 13.0. The number of carbonyl (C=O) groups excluding carboxylic acids is 3. The number of thiol groups is 1. The van der Waals surface area contributed by atoms with Gasteiger partial charge in [0, 0.05) is 122 Å². The Balaban J connectivity index is 0.696. The lowest BCUT2D eigenvalue weighted by Crippen LogP contribution is -2.51. The molecule has 0 aliphatic carbocycles. The van der Waals surface area contributed by atoms with E-state index >= 15 is 0 Å². The van der Waals surface area contributed by atoms with Crippen LogP contribution in [0, 0.1) is 6.92 Å². The van der Waals surface area contributed by atoms with E-state index in [0.29, 0.717) is 79.5 Å². The zero-order valence-electron chi connectivity index (χ0n) is 37.9. The van der Waals surface area contributed by atoms with Crippen molar-refractivity contribution in [1.82, 2.24) is 40.0 Å². The predicted molar refractivity (Wildman–Crippen MR) is 267 cm³/mol. The molecule has 0 atom stereocenters. The molecule has 1 aliphatic rings. The molecule has 3 aromatic carbocycles. The summed E-state index contributed by atoms with van der Waals surface area (Å²) in [7, 11) is 0. The van der Waals surface area contributed by atoms with Gasteiger partial charge in [-0.15, -0.1) is 24.0 Å². The van der Waals surface area contributed by atoms with E-state index in [0.717, 1.165) is 81.9 Å². The molecule has 1 saturated heterocycles. The lowest BCUT2D eigenvalue weighted by atomic mass is 9.97. The summed E-state index contributed by atoms with van der Waals surface area (Å²) in [5.41, 5.74) is 8.78. The van der Waals surface area contributed by atoms with Crippen molar-refractivity contribution in [3.05, 3.63) is 165 Å². The van der Waals surface area contributed by atoms with Gasteiger partial charge in [0.1, 0.15) is 12.4 Å². The summed E-state index contributed by atoms with van der Waals surface area (Å²) in [4.78, 5) is 71.5. The first kappa shape index (κ1) is 47.8. The molecule has 0 spiro atoms. The minimum absolute atomic E-state index is 0.0436. The predicted octanol–water partition coefficient (Wildman–Crippen LogP) is 8.26. The van der Waals surface area contributed by atoms with Gasteiger partial charge in [0.25, 0.3) is 0 Å². The van der Waals surface area contributed by atoms with Crippen molar-refractivity contribution >= 4 is 58.7 Å². The highest BCUT2D eigenvalue weighted by Crippen LogP contribution is 2.24. The van der Waals surface area contributed by atoms with Gasteiger partial charge in [-0.3, -0.25) is 24.5 Å². The fraction of sp³-hybridized carbons (Fsp3) is 0.288. The zero-order chi connectivity index (χ0) is 47.1. The van der Waals surface area contributed by atoms with Crippen molar-refractivity contribution in [2.45, 2.75) is 50.5 Å². The number of urea groups is 1. The van der Waals surface area contributed by atoms with Crippen molar-refractivity contribution < 1.29 is 24.0 Å². The van der Waals surface area contributed by atoms with Crippen molar-refractivity contribution in [2.24, 2.45) is 5.16 Å². The molecule has 16 heteroatoms. The SMILES string of the molecule is Cc1ccc(CC(=O)c2ccc(CN3CCN(C(=O)NCCOCCO/N=C/c4cc(S)c5ncc(C(=O)CCCc6nccs6)cc5c4)CC3)cc2)cc1Cc1nccc(-c2cccnc2)n1. The monoisotopic (exact) mass is 947 g/mol. The van der Waals surface area contributed by atoms with Crippen LogP contribution in [0.2, 0.25) is 0 Å². The summed E-state index contributed by atoms with van der Waals surface area (Å²) in [6.07, 6.45) is 13.1. The van der Waals surface area contributed by atoms with Gasteiger partial charge in [-0.2, -0.15) is 0 Å². The Labute approximate surface area is 405 Å². The molecule has 1 aliphatic heterocycles. The first-order chi connectivity index (χ1) is 33.2. The van der Waals surface area contributed by atoms with Gasteiger partial charge >= 0.3 is 6.03 Å². The topological polar surface area (TPSA) is 165 Å². The Morgan fingerprint density at radius 1 is 0.853 bits per heavy atom. The van der Waals surface area contributed by atoms with Crippen LogP contribution in [-0.4, -0.2) is 111 Å². The lowest BCUT2D eigenvalue weighted by molar-refractivity contribution is 0.0524. The quantitative estimate of drug-likeness (QED) is 0.0234. The molecule has 1 fully saturated rings. The van der Waals surface area contributed by atoms with Crippen LogP contribution in [0.3, 0.4) is 0 Å². The zero-order valence-corrected chi connectivity index (χ0v) is 39.6.